The van der Waals surface area contributed by atoms with Crippen LogP contribution >= 0.6 is 0 Å². The minimum Gasteiger partial charge on any atom is -0.480 e. The molecule has 0 spiro atoms. The SMILES string of the molecule is O=C1C(C2CCC(C(=O)O)N2)=CCc2ccccc21. The molecule has 0 saturated carbocycles. The zero-order valence-corrected chi connectivity index (χ0v) is 10.4. The van der Waals surface area contributed by atoms with Crippen molar-refractivity contribution in [1.82, 2.24) is 5.32 Å². The van der Waals surface area contributed by atoms with Crippen LogP contribution in [0.15, 0.2) is 35.9 Å². The van der Waals surface area contributed by atoms with Crippen LogP contribution in [0.2, 0.25) is 0 Å². The first-order chi connectivity index (χ1) is 9.16. The summed E-state index contributed by atoms with van der Waals surface area (Å²) in [5, 5.41) is 12.0. The Morgan fingerprint density at radius 3 is 2.79 bits per heavy atom. The van der Waals surface area contributed by atoms with Crippen LogP contribution in [-0.4, -0.2) is 28.9 Å². The summed E-state index contributed by atoms with van der Waals surface area (Å²) in [6, 6.07) is 6.94. The first-order valence-corrected chi connectivity index (χ1v) is 6.48. The topological polar surface area (TPSA) is 66.4 Å². The van der Waals surface area contributed by atoms with Crippen LogP contribution in [0.5, 0.6) is 0 Å². The van der Waals surface area contributed by atoms with E-state index < -0.39 is 12.0 Å². The molecule has 1 heterocycles. The highest BCUT2D eigenvalue weighted by Gasteiger charge is 2.34. The molecule has 1 aliphatic heterocycles. The highest BCUT2D eigenvalue weighted by molar-refractivity contribution is 6.11. The average molecular weight is 257 g/mol. The average Bonchev–Trinajstić information content (AvgIpc) is 2.89. The molecule has 4 nitrogen and oxygen atoms in total. The first-order valence-electron chi connectivity index (χ1n) is 6.48. The summed E-state index contributed by atoms with van der Waals surface area (Å²) in [6.45, 7) is 0. The van der Waals surface area contributed by atoms with Gasteiger partial charge in [-0.3, -0.25) is 14.9 Å². The maximum atomic E-state index is 12.4. The molecule has 2 aliphatic rings. The van der Waals surface area contributed by atoms with Gasteiger partial charge >= 0.3 is 5.97 Å². The van der Waals surface area contributed by atoms with Crippen molar-refractivity contribution >= 4 is 11.8 Å². The molecule has 19 heavy (non-hydrogen) atoms. The molecule has 2 unspecified atom stereocenters. The quantitative estimate of drug-likeness (QED) is 0.843. The third-order valence-electron chi connectivity index (χ3n) is 3.89. The normalized spacial score (nSPS) is 25.9. The molecule has 2 N–H and O–H groups in total. The molecule has 0 radical (unpaired) electrons. The smallest absolute Gasteiger partial charge is 0.320 e. The van der Waals surface area contributed by atoms with Crippen LogP contribution < -0.4 is 5.32 Å². The molecule has 3 rings (SSSR count). The summed E-state index contributed by atoms with van der Waals surface area (Å²) in [5.74, 6) is -0.808. The van der Waals surface area contributed by atoms with Crippen LogP contribution in [0.4, 0.5) is 0 Å². The zero-order chi connectivity index (χ0) is 13.4. The molecular weight excluding hydrogens is 242 g/mol. The van der Waals surface area contributed by atoms with E-state index >= 15 is 0 Å². The van der Waals surface area contributed by atoms with E-state index in [-0.39, 0.29) is 11.8 Å². The fourth-order valence-electron chi connectivity index (χ4n) is 2.87. The van der Waals surface area contributed by atoms with Crippen molar-refractivity contribution in [2.24, 2.45) is 0 Å². The lowest BCUT2D eigenvalue weighted by Gasteiger charge is -2.20. The first kappa shape index (κ1) is 12.1. The number of hydrogen-bond donors (Lipinski definition) is 2. The predicted molar refractivity (Wildman–Crippen MR) is 70.1 cm³/mol. The van der Waals surface area contributed by atoms with E-state index in [0.717, 1.165) is 23.1 Å². The highest BCUT2D eigenvalue weighted by Crippen LogP contribution is 2.27. The number of benzene rings is 1. The van der Waals surface area contributed by atoms with Gasteiger partial charge in [0.2, 0.25) is 0 Å². The molecular formula is C15H15NO3. The highest BCUT2D eigenvalue weighted by atomic mass is 16.4. The van der Waals surface area contributed by atoms with E-state index in [9.17, 15) is 9.59 Å². The number of allylic oxidation sites excluding steroid dienone is 1. The van der Waals surface area contributed by atoms with E-state index in [2.05, 4.69) is 5.32 Å². The Morgan fingerprint density at radius 2 is 2.05 bits per heavy atom. The van der Waals surface area contributed by atoms with Gasteiger partial charge in [-0.15, -0.1) is 0 Å². The number of carbonyl (C=O) groups is 2. The van der Waals surface area contributed by atoms with E-state index in [1.807, 2.05) is 30.3 Å². The van der Waals surface area contributed by atoms with Gasteiger partial charge in [-0.2, -0.15) is 0 Å². The van der Waals surface area contributed by atoms with Crippen LogP contribution in [-0.2, 0) is 11.2 Å². The molecule has 1 aliphatic carbocycles. The summed E-state index contributed by atoms with van der Waals surface area (Å²) < 4.78 is 0. The molecule has 2 atom stereocenters. The van der Waals surface area contributed by atoms with Crippen molar-refractivity contribution in [2.45, 2.75) is 31.3 Å². The molecule has 0 amide bonds. The summed E-state index contributed by atoms with van der Waals surface area (Å²) in [4.78, 5) is 23.4. The van der Waals surface area contributed by atoms with E-state index in [1.165, 1.54) is 0 Å². The molecule has 98 valence electrons. The Hall–Kier alpha value is -1.94. The van der Waals surface area contributed by atoms with Gasteiger partial charge < -0.3 is 5.11 Å². The standard InChI is InChI=1S/C15H15NO3/c17-14-10-4-2-1-3-9(10)5-6-11(14)12-7-8-13(16-12)15(18)19/h1-4,6,12-13,16H,5,7-8H2,(H,18,19). The fraction of sp³-hybridized carbons (Fsp3) is 0.333. The summed E-state index contributed by atoms with van der Waals surface area (Å²) >= 11 is 0. The molecule has 0 aromatic heterocycles. The van der Waals surface area contributed by atoms with E-state index in [4.69, 9.17) is 5.11 Å². The lowest BCUT2D eigenvalue weighted by Crippen LogP contribution is -2.38. The lowest BCUT2D eigenvalue weighted by molar-refractivity contribution is -0.139. The van der Waals surface area contributed by atoms with Crippen molar-refractivity contribution in [2.75, 3.05) is 0 Å². The number of fused-ring (bicyclic) bond motifs is 1. The number of hydrogen-bond acceptors (Lipinski definition) is 3. The van der Waals surface area contributed by atoms with Crippen LogP contribution in [0, 0.1) is 0 Å². The second-order valence-electron chi connectivity index (χ2n) is 5.04. The minimum atomic E-state index is -0.841. The molecule has 1 saturated heterocycles. The molecule has 0 bridgehead atoms. The van der Waals surface area contributed by atoms with Crippen molar-refractivity contribution in [3.8, 4) is 0 Å². The molecule has 1 aromatic carbocycles. The number of carboxylic acid groups (broad SMARTS) is 1. The number of Topliss-reactive ketones (excluding diaryl/α,β-unsaturated/α-hetero) is 1. The number of nitrogens with one attached hydrogen (secondary N) is 1. The predicted octanol–water partition coefficient (Wildman–Crippen LogP) is 1.56. The monoisotopic (exact) mass is 257 g/mol. The van der Waals surface area contributed by atoms with Gasteiger partial charge in [-0.25, -0.2) is 0 Å². The summed E-state index contributed by atoms with van der Waals surface area (Å²) in [7, 11) is 0. The van der Waals surface area contributed by atoms with Crippen molar-refractivity contribution in [3.05, 3.63) is 47.0 Å². The summed E-state index contributed by atoms with van der Waals surface area (Å²) in [5.41, 5.74) is 2.52. The van der Waals surface area contributed by atoms with Gasteiger partial charge in [0.05, 0.1) is 0 Å². The second-order valence-corrected chi connectivity index (χ2v) is 5.04. The maximum absolute atomic E-state index is 12.4. The molecule has 1 aromatic rings. The second kappa shape index (κ2) is 4.63. The fourth-order valence-corrected chi connectivity index (χ4v) is 2.87. The van der Waals surface area contributed by atoms with Gasteiger partial charge in [0, 0.05) is 17.2 Å². The number of aliphatic carboxylic acids is 1. The Balaban J connectivity index is 1.83. The third kappa shape index (κ3) is 2.08. The Morgan fingerprint density at radius 1 is 1.26 bits per heavy atom. The van der Waals surface area contributed by atoms with Gasteiger partial charge in [-0.05, 0) is 24.8 Å². The number of carbonyl (C=O) groups excluding carboxylic acids is 1. The van der Waals surface area contributed by atoms with E-state index in [0.29, 0.717) is 12.8 Å². The van der Waals surface area contributed by atoms with Crippen LogP contribution in [0.25, 0.3) is 0 Å². The van der Waals surface area contributed by atoms with E-state index in [1.54, 1.807) is 0 Å². The van der Waals surface area contributed by atoms with Gasteiger partial charge in [0.1, 0.15) is 6.04 Å². The van der Waals surface area contributed by atoms with Crippen molar-refractivity contribution in [1.29, 1.82) is 0 Å². The van der Waals surface area contributed by atoms with Crippen molar-refractivity contribution < 1.29 is 14.7 Å². The van der Waals surface area contributed by atoms with Crippen LogP contribution in [0.3, 0.4) is 0 Å². The zero-order valence-electron chi connectivity index (χ0n) is 10.4. The number of rotatable bonds is 2. The van der Waals surface area contributed by atoms with Gasteiger partial charge in [-0.1, -0.05) is 30.3 Å². The largest absolute Gasteiger partial charge is 0.480 e. The minimum absolute atomic E-state index is 0.0328. The molecule has 4 heteroatoms. The Bertz CT molecular complexity index is 577. The maximum Gasteiger partial charge on any atom is 0.320 e. The summed E-state index contributed by atoms with van der Waals surface area (Å²) in [6.07, 6.45) is 3.96. The third-order valence-corrected chi connectivity index (χ3v) is 3.89. The number of ketones is 1. The van der Waals surface area contributed by atoms with Crippen LogP contribution in [0.1, 0.15) is 28.8 Å². The van der Waals surface area contributed by atoms with Crippen molar-refractivity contribution in [3.63, 3.8) is 0 Å². The Labute approximate surface area is 111 Å². The lowest BCUT2D eigenvalue weighted by atomic mass is 9.86. The number of carboxylic acids is 1. The van der Waals surface area contributed by atoms with Gasteiger partial charge in [0.25, 0.3) is 0 Å². The Kier molecular flexibility index (Phi) is 2.95. The molecule has 1 fully saturated rings. The van der Waals surface area contributed by atoms with Gasteiger partial charge in [0.15, 0.2) is 5.78 Å².